The molecule has 5 rings (SSSR count). The number of fused-ring (bicyclic) bond motifs is 1. The number of aryl methyl sites for hydroxylation is 1. The fourth-order valence-electron chi connectivity index (χ4n) is 5.22. The lowest BCUT2D eigenvalue weighted by molar-refractivity contribution is -0.132. The number of benzene rings is 1. The number of anilines is 1. The fourth-order valence-corrected chi connectivity index (χ4v) is 6.23. The van der Waals surface area contributed by atoms with Crippen LogP contribution in [0, 0.1) is 18.8 Å². The van der Waals surface area contributed by atoms with Crippen molar-refractivity contribution >= 4 is 34.1 Å². The Hall–Kier alpha value is -3.40. The van der Waals surface area contributed by atoms with Crippen LogP contribution in [0.4, 0.5) is 5.13 Å². The number of methoxy groups -OCH3 is 2. The van der Waals surface area contributed by atoms with Gasteiger partial charge in [-0.05, 0) is 49.8 Å². The van der Waals surface area contributed by atoms with Crippen molar-refractivity contribution in [3.63, 3.8) is 0 Å². The number of amides is 1. The van der Waals surface area contributed by atoms with Crippen LogP contribution in [-0.4, -0.2) is 48.1 Å². The van der Waals surface area contributed by atoms with E-state index in [0.29, 0.717) is 30.0 Å². The maximum Gasteiger partial charge on any atom is 0.350 e. The van der Waals surface area contributed by atoms with Crippen LogP contribution in [0.1, 0.15) is 53.2 Å². The van der Waals surface area contributed by atoms with Gasteiger partial charge in [0.05, 0.1) is 37.4 Å². The molecule has 9 nitrogen and oxygen atoms in total. The number of carbonyl (C=O) groups excluding carboxylic acids is 3. The lowest BCUT2D eigenvalue weighted by Crippen LogP contribution is -2.41. The van der Waals surface area contributed by atoms with E-state index in [1.54, 1.807) is 19.1 Å². The maximum absolute atomic E-state index is 13.9. The van der Waals surface area contributed by atoms with E-state index in [2.05, 4.69) is 11.9 Å². The highest BCUT2D eigenvalue weighted by Gasteiger charge is 2.53. The molecule has 3 heterocycles. The van der Waals surface area contributed by atoms with Crippen molar-refractivity contribution in [2.45, 2.75) is 45.3 Å². The second kappa shape index (κ2) is 8.67. The summed E-state index contributed by atoms with van der Waals surface area (Å²) in [5.74, 6) is -0.883. The molecule has 4 atom stereocenters. The molecule has 184 valence electrons. The summed E-state index contributed by atoms with van der Waals surface area (Å²) in [5.41, 5.74) is 1.27. The van der Waals surface area contributed by atoms with Gasteiger partial charge < -0.3 is 19.3 Å². The highest BCUT2D eigenvalue weighted by Crippen LogP contribution is 2.50. The average molecular weight is 499 g/mol. The predicted molar refractivity (Wildman–Crippen MR) is 126 cm³/mol. The number of hydrogen-bond donors (Lipinski definition) is 1. The Morgan fingerprint density at radius 2 is 2.03 bits per heavy atom. The Labute approximate surface area is 206 Å². The minimum Gasteiger partial charge on any atom is -0.504 e. The first kappa shape index (κ1) is 23.3. The lowest BCUT2D eigenvalue weighted by atomic mass is 9.74. The number of aromatic hydroxyl groups is 1. The minimum absolute atomic E-state index is 0.0373. The van der Waals surface area contributed by atoms with Gasteiger partial charge in [-0.2, -0.15) is 0 Å². The first-order chi connectivity index (χ1) is 16.7. The molecule has 4 unspecified atom stereocenters. The zero-order chi connectivity index (χ0) is 25.0. The largest absolute Gasteiger partial charge is 0.504 e. The van der Waals surface area contributed by atoms with Gasteiger partial charge in [-0.15, -0.1) is 0 Å². The molecule has 35 heavy (non-hydrogen) atoms. The third kappa shape index (κ3) is 3.67. The van der Waals surface area contributed by atoms with Crippen LogP contribution >= 0.6 is 11.3 Å². The molecule has 1 aromatic carbocycles. The van der Waals surface area contributed by atoms with E-state index < -0.39 is 17.9 Å². The summed E-state index contributed by atoms with van der Waals surface area (Å²) in [6.07, 6.45) is 2.01. The average Bonchev–Trinajstić information content (AvgIpc) is 3.37. The molecular formula is C25H26N2O7S. The predicted octanol–water partition coefficient (Wildman–Crippen LogP) is 3.70. The number of phenolic OH excluding ortho intramolecular Hbond substituents is 1. The lowest BCUT2D eigenvalue weighted by Gasteiger charge is -2.37. The summed E-state index contributed by atoms with van der Waals surface area (Å²) in [5, 5.41) is 10.4. The number of nitrogens with zero attached hydrogens (tertiary/aromatic N) is 2. The van der Waals surface area contributed by atoms with Crippen molar-refractivity contribution in [2.24, 2.45) is 11.8 Å². The number of ether oxygens (including phenoxy) is 3. The van der Waals surface area contributed by atoms with E-state index in [0.717, 1.165) is 17.8 Å². The number of phenols is 1. The van der Waals surface area contributed by atoms with Gasteiger partial charge in [0.15, 0.2) is 28.2 Å². The normalized spacial score (nSPS) is 25.8. The molecule has 0 radical (unpaired) electrons. The molecule has 3 aliphatic rings. The fraction of sp³-hybridized carbons (Fsp3) is 0.440. The Morgan fingerprint density at radius 3 is 2.74 bits per heavy atom. The van der Waals surface area contributed by atoms with Gasteiger partial charge in [-0.25, -0.2) is 9.78 Å². The minimum atomic E-state index is -0.839. The Balaban J connectivity index is 1.66. The third-order valence-corrected chi connectivity index (χ3v) is 8.13. The van der Waals surface area contributed by atoms with Crippen molar-refractivity contribution in [2.75, 3.05) is 19.1 Å². The highest BCUT2D eigenvalue weighted by atomic mass is 32.1. The number of rotatable bonds is 4. The van der Waals surface area contributed by atoms with E-state index in [4.69, 9.17) is 14.2 Å². The Kier molecular flexibility index (Phi) is 5.79. The topological polar surface area (TPSA) is 115 Å². The van der Waals surface area contributed by atoms with Gasteiger partial charge in [0.1, 0.15) is 11.0 Å². The zero-order valence-corrected chi connectivity index (χ0v) is 20.7. The van der Waals surface area contributed by atoms with Crippen molar-refractivity contribution < 1.29 is 33.7 Å². The molecule has 0 spiro atoms. The molecule has 1 aliphatic carbocycles. The molecule has 0 bridgehead atoms. The SMILES string of the molecule is COC(=O)c1sc(N2C(=O)C3=C(C(=O)C4CC(C)CCC4O3)C2c2ccc(O)c(OC)c2)nc1C. The molecule has 1 amide bonds. The molecule has 1 saturated carbocycles. The van der Waals surface area contributed by atoms with E-state index in [1.165, 1.54) is 25.2 Å². The Morgan fingerprint density at radius 1 is 1.26 bits per heavy atom. The standard InChI is InChI=1S/C25H26N2O7S/c1-11-5-8-16-14(9-11)20(29)18-19(13-6-7-15(28)17(10-13)32-3)27(23(30)21(18)34-16)25-26-12(2)22(35-25)24(31)33-4/h6-7,10-11,14,16,19,28H,5,8-9H2,1-4H3. The van der Waals surface area contributed by atoms with Gasteiger partial charge >= 0.3 is 5.97 Å². The van der Waals surface area contributed by atoms with E-state index >= 15 is 0 Å². The van der Waals surface area contributed by atoms with Gasteiger partial charge in [-0.1, -0.05) is 24.3 Å². The monoisotopic (exact) mass is 498 g/mol. The second-order valence-electron chi connectivity index (χ2n) is 9.20. The quantitative estimate of drug-likeness (QED) is 0.635. The second-order valence-corrected chi connectivity index (χ2v) is 10.2. The number of Topliss-reactive ketones (excluding diaryl/α,β-unsaturated/α-hetero) is 1. The summed E-state index contributed by atoms with van der Waals surface area (Å²) in [6, 6.07) is 3.86. The van der Waals surface area contributed by atoms with Crippen LogP contribution in [0.3, 0.4) is 0 Å². The van der Waals surface area contributed by atoms with E-state index in [9.17, 15) is 19.5 Å². The molecule has 2 aromatic rings. The molecule has 1 fully saturated rings. The number of thiazole rings is 1. The van der Waals surface area contributed by atoms with Gasteiger partial charge in [0.2, 0.25) is 0 Å². The van der Waals surface area contributed by atoms with Gasteiger partial charge in [0.25, 0.3) is 5.91 Å². The van der Waals surface area contributed by atoms with Crippen LogP contribution in [0.5, 0.6) is 11.5 Å². The highest BCUT2D eigenvalue weighted by molar-refractivity contribution is 7.17. The number of carbonyl (C=O) groups is 3. The molecule has 10 heteroatoms. The van der Waals surface area contributed by atoms with Crippen LogP contribution < -0.4 is 9.64 Å². The summed E-state index contributed by atoms with van der Waals surface area (Å²) in [4.78, 5) is 46.0. The van der Waals surface area contributed by atoms with Crippen molar-refractivity contribution in [1.29, 1.82) is 0 Å². The van der Waals surface area contributed by atoms with Gasteiger partial charge in [0, 0.05) is 0 Å². The van der Waals surface area contributed by atoms with Crippen molar-refractivity contribution in [3.8, 4) is 11.5 Å². The van der Waals surface area contributed by atoms with E-state index in [1.807, 2.05) is 0 Å². The molecular weight excluding hydrogens is 472 g/mol. The summed E-state index contributed by atoms with van der Waals surface area (Å²) in [6.45, 7) is 3.78. The molecule has 0 saturated heterocycles. The van der Waals surface area contributed by atoms with Crippen LogP contribution in [0.15, 0.2) is 29.5 Å². The van der Waals surface area contributed by atoms with Crippen LogP contribution in [0.2, 0.25) is 0 Å². The first-order valence-corrected chi connectivity index (χ1v) is 12.3. The van der Waals surface area contributed by atoms with Crippen molar-refractivity contribution in [1.82, 2.24) is 4.98 Å². The van der Waals surface area contributed by atoms with Crippen LogP contribution in [0.25, 0.3) is 0 Å². The molecule has 1 aromatic heterocycles. The first-order valence-electron chi connectivity index (χ1n) is 11.5. The number of esters is 1. The number of aromatic nitrogens is 1. The number of ketones is 1. The molecule has 1 N–H and O–H groups in total. The van der Waals surface area contributed by atoms with Crippen molar-refractivity contribution in [3.05, 3.63) is 45.7 Å². The van der Waals surface area contributed by atoms with Crippen LogP contribution in [-0.2, 0) is 19.1 Å². The third-order valence-electron chi connectivity index (χ3n) is 6.99. The molecule has 2 aliphatic heterocycles. The zero-order valence-electron chi connectivity index (χ0n) is 19.9. The smallest absolute Gasteiger partial charge is 0.350 e. The Bertz CT molecular complexity index is 1270. The number of hydrogen-bond acceptors (Lipinski definition) is 9. The summed E-state index contributed by atoms with van der Waals surface area (Å²) < 4.78 is 16.3. The summed E-state index contributed by atoms with van der Waals surface area (Å²) >= 11 is 1.02. The van der Waals surface area contributed by atoms with E-state index in [-0.39, 0.29) is 50.6 Å². The maximum atomic E-state index is 13.9. The summed E-state index contributed by atoms with van der Waals surface area (Å²) in [7, 11) is 2.71. The van der Waals surface area contributed by atoms with Gasteiger partial charge in [-0.3, -0.25) is 14.5 Å².